The number of para-hydroxylation sites is 1. The van der Waals surface area contributed by atoms with Gasteiger partial charge in [0.25, 0.3) is 0 Å². The fourth-order valence-electron chi connectivity index (χ4n) is 4.72. The van der Waals surface area contributed by atoms with Gasteiger partial charge in [0.05, 0.1) is 17.4 Å². The summed E-state index contributed by atoms with van der Waals surface area (Å²) in [7, 11) is 0. The summed E-state index contributed by atoms with van der Waals surface area (Å²) in [4.78, 5) is 0. The molecule has 2 aromatic rings. The predicted molar refractivity (Wildman–Crippen MR) is 95.4 cm³/mol. The van der Waals surface area contributed by atoms with E-state index in [0.717, 1.165) is 23.4 Å². The zero-order valence-electron chi connectivity index (χ0n) is 13.5. The monoisotopic (exact) mass is 316 g/mol. The first-order valence-electron chi connectivity index (χ1n) is 8.80. The van der Waals surface area contributed by atoms with Crippen molar-refractivity contribution in [3.8, 4) is 0 Å². The van der Waals surface area contributed by atoms with Gasteiger partial charge in [-0.3, -0.25) is 5.01 Å². The normalized spacial score (nSPS) is 30.8. The van der Waals surface area contributed by atoms with E-state index in [1.54, 1.807) is 0 Å². The van der Waals surface area contributed by atoms with Crippen LogP contribution < -0.4 is 5.01 Å². The molecule has 2 saturated carbocycles. The van der Waals surface area contributed by atoms with Gasteiger partial charge in [0, 0.05) is 5.92 Å². The number of nitrogens with zero attached hydrogens (tertiary/aromatic N) is 4. The fourth-order valence-corrected chi connectivity index (χ4v) is 4.72. The minimum atomic E-state index is 0.441. The van der Waals surface area contributed by atoms with E-state index in [4.69, 9.17) is 5.10 Å². The average Bonchev–Trinajstić information content (AvgIpc) is 3.34. The zero-order valence-corrected chi connectivity index (χ0v) is 13.5. The van der Waals surface area contributed by atoms with Crippen molar-refractivity contribution in [2.45, 2.75) is 25.3 Å². The number of anilines is 1. The lowest BCUT2D eigenvalue weighted by atomic mass is 9.84. The van der Waals surface area contributed by atoms with E-state index in [1.165, 1.54) is 24.9 Å². The zero-order chi connectivity index (χ0) is 15.9. The molecule has 0 radical (unpaired) electrons. The smallest absolute Gasteiger partial charge is 0.176 e. The summed E-state index contributed by atoms with van der Waals surface area (Å²) in [5.74, 6) is 2.83. The standard InChI is InChI=1S/C20H20N4/c1-3-7-16(8-4-1)21-22-20-18-14-11-12-15(13-14)19(18)24(23-20)17-9-5-2-6-10-17/h1-10,14-15,18-19H,11-13H2/t14-,15-,18-,19+/m0/s1. The second-order valence-electron chi connectivity index (χ2n) is 7.02. The number of benzene rings is 2. The molecular formula is C20H20N4. The Hall–Kier alpha value is -2.49. The van der Waals surface area contributed by atoms with E-state index in [2.05, 4.69) is 45.6 Å². The topological polar surface area (TPSA) is 40.3 Å². The van der Waals surface area contributed by atoms with Crippen molar-refractivity contribution in [3.63, 3.8) is 0 Å². The molecule has 1 aliphatic heterocycles. The SMILES string of the molecule is c1ccc(N=NC2=NN(c3ccccc3)[C@@H]3[C@H]4CC[C@@H](C4)[C@H]23)cc1. The Bertz CT molecular complexity index is 784. The molecule has 2 aliphatic carbocycles. The van der Waals surface area contributed by atoms with Crippen LogP contribution in [0.4, 0.5) is 11.4 Å². The van der Waals surface area contributed by atoms with Crippen LogP contribution in [0, 0.1) is 17.8 Å². The summed E-state index contributed by atoms with van der Waals surface area (Å²) in [5, 5.41) is 16.1. The summed E-state index contributed by atoms with van der Waals surface area (Å²) in [5.41, 5.74) is 2.06. The fraction of sp³-hybridized carbons (Fsp3) is 0.350. The van der Waals surface area contributed by atoms with Gasteiger partial charge in [-0.2, -0.15) is 5.10 Å². The summed E-state index contributed by atoms with van der Waals surface area (Å²) in [6, 6.07) is 20.9. The Morgan fingerprint density at radius 1 is 0.833 bits per heavy atom. The van der Waals surface area contributed by atoms with Crippen LogP contribution in [0.1, 0.15) is 19.3 Å². The van der Waals surface area contributed by atoms with Gasteiger partial charge in [0.15, 0.2) is 5.84 Å². The highest BCUT2D eigenvalue weighted by molar-refractivity contribution is 5.90. The molecule has 0 unspecified atom stereocenters. The van der Waals surface area contributed by atoms with Gasteiger partial charge >= 0.3 is 0 Å². The molecule has 2 fully saturated rings. The molecule has 3 aliphatic rings. The Balaban J connectivity index is 1.50. The maximum Gasteiger partial charge on any atom is 0.176 e. The van der Waals surface area contributed by atoms with Crippen LogP contribution in [-0.4, -0.2) is 11.9 Å². The molecule has 1 heterocycles. The lowest BCUT2D eigenvalue weighted by Crippen LogP contribution is -2.37. The van der Waals surface area contributed by atoms with E-state index in [-0.39, 0.29) is 0 Å². The van der Waals surface area contributed by atoms with Crippen LogP contribution >= 0.6 is 0 Å². The maximum atomic E-state index is 4.89. The molecular weight excluding hydrogens is 296 g/mol. The van der Waals surface area contributed by atoms with Gasteiger partial charge in [-0.1, -0.05) is 36.4 Å². The third-order valence-corrected chi connectivity index (χ3v) is 5.71. The number of hydrazone groups is 1. The van der Waals surface area contributed by atoms with E-state index < -0.39 is 0 Å². The molecule has 4 atom stereocenters. The van der Waals surface area contributed by atoms with E-state index in [0.29, 0.717) is 12.0 Å². The molecule has 0 aromatic heterocycles. The second kappa shape index (κ2) is 5.55. The highest BCUT2D eigenvalue weighted by atomic mass is 15.5. The van der Waals surface area contributed by atoms with Crippen LogP contribution in [-0.2, 0) is 0 Å². The van der Waals surface area contributed by atoms with Crippen LogP contribution in [0.15, 0.2) is 76.0 Å². The molecule has 0 spiro atoms. The second-order valence-corrected chi connectivity index (χ2v) is 7.02. The molecule has 0 N–H and O–H groups in total. The molecule has 2 bridgehead atoms. The van der Waals surface area contributed by atoms with Crippen LogP contribution in [0.3, 0.4) is 0 Å². The van der Waals surface area contributed by atoms with Crippen LogP contribution in [0.2, 0.25) is 0 Å². The van der Waals surface area contributed by atoms with Crippen molar-refractivity contribution in [2.75, 3.05) is 5.01 Å². The molecule has 4 heteroatoms. The quantitative estimate of drug-likeness (QED) is 0.717. The first kappa shape index (κ1) is 13.9. The van der Waals surface area contributed by atoms with Crippen molar-refractivity contribution in [2.24, 2.45) is 33.1 Å². The van der Waals surface area contributed by atoms with Crippen molar-refractivity contribution in [1.82, 2.24) is 0 Å². The number of rotatable bonds is 2. The number of hydrogen-bond acceptors (Lipinski definition) is 4. The van der Waals surface area contributed by atoms with Gasteiger partial charge in [0.1, 0.15) is 0 Å². The average molecular weight is 316 g/mol. The minimum Gasteiger partial charge on any atom is -0.260 e. The molecule has 2 aromatic carbocycles. The largest absolute Gasteiger partial charge is 0.260 e. The predicted octanol–water partition coefficient (Wildman–Crippen LogP) is 5.02. The molecule has 0 saturated heterocycles. The van der Waals surface area contributed by atoms with Gasteiger partial charge in [-0.05, 0) is 55.4 Å². The first-order valence-corrected chi connectivity index (χ1v) is 8.80. The lowest BCUT2D eigenvalue weighted by Gasteiger charge is -2.30. The third kappa shape index (κ3) is 2.17. The number of amidine groups is 1. The molecule has 4 nitrogen and oxygen atoms in total. The Labute approximate surface area is 141 Å². The lowest BCUT2D eigenvalue weighted by molar-refractivity contribution is 0.362. The van der Waals surface area contributed by atoms with E-state index >= 15 is 0 Å². The summed E-state index contributed by atoms with van der Waals surface area (Å²) in [6.45, 7) is 0. The maximum absolute atomic E-state index is 4.89. The van der Waals surface area contributed by atoms with Gasteiger partial charge in [-0.15, -0.1) is 10.2 Å². The molecule has 120 valence electrons. The van der Waals surface area contributed by atoms with Crippen LogP contribution in [0.25, 0.3) is 0 Å². The Morgan fingerprint density at radius 2 is 1.54 bits per heavy atom. The number of hydrogen-bond donors (Lipinski definition) is 0. The van der Waals surface area contributed by atoms with Gasteiger partial charge in [-0.25, -0.2) is 0 Å². The number of azo groups is 1. The number of fused-ring (bicyclic) bond motifs is 5. The highest BCUT2D eigenvalue weighted by Crippen LogP contribution is 2.54. The van der Waals surface area contributed by atoms with Gasteiger partial charge in [0.2, 0.25) is 0 Å². The Kier molecular flexibility index (Phi) is 3.21. The van der Waals surface area contributed by atoms with Crippen molar-refractivity contribution < 1.29 is 0 Å². The summed E-state index contributed by atoms with van der Waals surface area (Å²) in [6.07, 6.45) is 3.96. The first-order chi connectivity index (χ1) is 11.9. The minimum absolute atomic E-state index is 0.441. The summed E-state index contributed by atoms with van der Waals surface area (Å²) < 4.78 is 0. The third-order valence-electron chi connectivity index (χ3n) is 5.71. The van der Waals surface area contributed by atoms with E-state index in [9.17, 15) is 0 Å². The Morgan fingerprint density at radius 3 is 2.33 bits per heavy atom. The van der Waals surface area contributed by atoms with Crippen molar-refractivity contribution >= 4 is 17.2 Å². The van der Waals surface area contributed by atoms with Crippen LogP contribution in [0.5, 0.6) is 0 Å². The van der Waals surface area contributed by atoms with E-state index in [1.807, 2.05) is 30.3 Å². The molecule has 5 rings (SSSR count). The van der Waals surface area contributed by atoms with Gasteiger partial charge < -0.3 is 0 Å². The van der Waals surface area contributed by atoms with Crippen molar-refractivity contribution in [3.05, 3.63) is 60.7 Å². The molecule has 0 amide bonds. The molecule has 24 heavy (non-hydrogen) atoms. The van der Waals surface area contributed by atoms with Crippen molar-refractivity contribution in [1.29, 1.82) is 0 Å². The highest BCUT2D eigenvalue weighted by Gasteiger charge is 2.55. The summed E-state index contributed by atoms with van der Waals surface area (Å²) >= 11 is 0.